The van der Waals surface area contributed by atoms with Crippen LogP contribution in [0.15, 0.2) is 194 Å². The summed E-state index contributed by atoms with van der Waals surface area (Å²) in [6.45, 7) is 4.74. The van der Waals surface area contributed by atoms with Crippen LogP contribution in [0.1, 0.15) is 68.6 Å². The summed E-state index contributed by atoms with van der Waals surface area (Å²) in [4.78, 5) is 2.46. The maximum absolute atomic E-state index is 2.46. The fourth-order valence-electron chi connectivity index (χ4n) is 9.85. The number of benzene rings is 8. The number of hydrogen-bond acceptors (Lipinski definition) is 1. The predicted octanol–water partition coefficient (Wildman–Crippen LogP) is 16.2. The summed E-state index contributed by atoms with van der Waals surface area (Å²) < 4.78 is 0. The van der Waals surface area contributed by atoms with Gasteiger partial charge in [-0.25, -0.2) is 0 Å². The molecule has 0 heterocycles. The molecule has 58 heavy (non-hydrogen) atoms. The third kappa shape index (κ3) is 6.55. The van der Waals surface area contributed by atoms with Crippen molar-refractivity contribution < 1.29 is 0 Å². The molecule has 0 saturated heterocycles. The van der Waals surface area contributed by atoms with Gasteiger partial charge in [0.05, 0.1) is 0 Å². The van der Waals surface area contributed by atoms with E-state index in [1.807, 2.05) is 0 Å². The highest BCUT2D eigenvalue weighted by atomic mass is 15.1. The third-order valence-electron chi connectivity index (χ3n) is 12.9. The Balaban J connectivity index is 1.10. The van der Waals surface area contributed by atoms with Crippen molar-refractivity contribution in [3.05, 3.63) is 211 Å². The minimum Gasteiger partial charge on any atom is -0.310 e. The summed E-state index contributed by atoms with van der Waals surface area (Å²) >= 11 is 0. The first-order valence-corrected chi connectivity index (χ1v) is 21.1. The lowest BCUT2D eigenvalue weighted by atomic mass is 9.82. The molecule has 2 aliphatic carbocycles. The summed E-state index contributed by atoms with van der Waals surface area (Å²) in [6.07, 6.45) is 6.65. The topological polar surface area (TPSA) is 3.24 Å². The zero-order valence-electron chi connectivity index (χ0n) is 33.5. The van der Waals surface area contributed by atoms with Crippen molar-refractivity contribution >= 4 is 17.1 Å². The SMILES string of the molecule is CC1(C)c2ccccc2-c2ccc(N(c3ccc(-c4c(-c5ccccc5)cccc4-c4cccc(-c5ccccc5)c4)cc3)c3ccc(C4CCCCC4)cc3)cc21. The highest BCUT2D eigenvalue weighted by molar-refractivity contribution is 5.96. The number of rotatable bonds is 8. The first-order chi connectivity index (χ1) is 28.5. The third-order valence-corrected chi connectivity index (χ3v) is 12.9. The molecule has 10 rings (SSSR count). The van der Waals surface area contributed by atoms with E-state index in [2.05, 4.69) is 213 Å². The van der Waals surface area contributed by atoms with Crippen LogP contribution in [0.5, 0.6) is 0 Å². The molecule has 1 heteroatoms. The van der Waals surface area contributed by atoms with Gasteiger partial charge in [-0.1, -0.05) is 185 Å². The van der Waals surface area contributed by atoms with Gasteiger partial charge in [-0.05, 0) is 134 Å². The Hall–Kier alpha value is -6.44. The fraction of sp³-hybridized carbons (Fsp3) is 0.158. The zero-order chi connectivity index (χ0) is 39.1. The lowest BCUT2D eigenvalue weighted by Gasteiger charge is -2.29. The molecule has 1 saturated carbocycles. The Bertz CT molecular complexity index is 2700. The molecule has 0 bridgehead atoms. The largest absolute Gasteiger partial charge is 0.310 e. The van der Waals surface area contributed by atoms with E-state index in [1.165, 1.54) is 116 Å². The Morgan fingerprint density at radius 2 is 0.914 bits per heavy atom. The van der Waals surface area contributed by atoms with Gasteiger partial charge in [0.15, 0.2) is 0 Å². The second kappa shape index (κ2) is 15.1. The van der Waals surface area contributed by atoms with Crippen molar-refractivity contribution in [3.63, 3.8) is 0 Å². The molecule has 0 atom stereocenters. The summed E-state index contributed by atoms with van der Waals surface area (Å²) in [6, 6.07) is 72.1. The van der Waals surface area contributed by atoms with E-state index >= 15 is 0 Å². The molecule has 8 aromatic rings. The van der Waals surface area contributed by atoms with Crippen LogP contribution in [0.3, 0.4) is 0 Å². The van der Waals surface area contributed by atoms with Crippen molar-refractivity contribution in [2.24, 2.45) is 0 Å². The van der Waals surface area contributed by atoms with Crippen molar-refractivity contribution in [3.8, 4) is 55.6 Å². The molecule has 8 aromatic carbocycles. The highest BCUT2D eigenvalue weighted by Gasteiger charge is 2.35. The average Bonchev–Trinajstić information content (AvgIpc) is 3.53. The van der Waals surface area contributed by atoms with Gasteiger partial charge in [-0.3, -0.25) is 0 Å². The molecule has 0 aliphatic heterocycles. The van der Waals surface area contributed by atoms with Crippen molar-refractivity contribution in [2.45, 2.75) is 57.3 Å². The van der Waals surface area contributed by atoms with Gasteiger partial charge in [0.1, 0.15) is 0 Å². The summed E-state index contributed by atoms with van der Waals surface area (Å²) in [5.74, 6) is 0.669. The Kier molecular flexibility index (Phi) is 9.38. The van der Waals surface area contributed by atoms with Crippen LogP contribution in [-0.2, 0) is 5.41 Å². The monoisotopic (exact) mass is 747 g/mol. The molecule has 1 nitrogen and oxygen atoms in total. The lowest BCUT2D eigenvalue weighted by molar-refractivity contribution is 0.443. The summed E-state index contributed by atoms with van der Waals surface area (Å²) in [7, 11) is 0. The van der Waals surface area contributed by atoms with Gasteiger partial charge in [-0.2, -0.15) is 0 Å². The maximum Gasteiger partial charge on any atom is 0.0465 e. The van der Waals surface area contributed by atoms with Crippen molar-refractivity contribution in [2.75, 3.05) is 4.90 Å². The number of nitrogens with zero attached hydrogens (tertiary/aromatic N) is 1. The smallest absolute Gasteiger partial charge is 0.0465 e. The van der Waals surface area contributed by atoms with Gasteiger partial charge < -0.3 is 4.90 Å². The van der Waals surface area contributed by atoms with Crippen molar-refractivity contribution in [1.29, 1.82) is 0 Å². The normalized spacial score (nSPS) is 14.4. The van der Waals surface area contributed by atoms with Crippen LogP contribution in [0.25, 0.3) is 55.6 Å². The standard InChI is InChI=1S/C57H49N/c1-57(2)54-27-13-12-24-52(54)53-37-36-49(39-55(53)57)58(47-32-28-42(29-33-47)40-16-6-3-7-17-40)48-34-30-44(31-35-48)56-50(43-20-10-5-11-21-43)25-15-26-51(56)46-23-14-22-45(38-46)41-18-8-4-9-19-41/h4-5,8-15,18-40H,3,6-7,16-17H2,1-2H3. The van der Waals surface area contributed by atoms with Gasteiger partial charge in [0.25, 0.3) is 0 Å². The molecule has 0 N–H and O–H groups in total. The maximum atomic E-state index is 2.46. The van der Waals surface area contributed by atoms with Crippen LogP contribution in [0.2, 0.25) is 0 Å². The van der Waals surface area contributed by atoms with Crippen LogP contribution >= 0.6 is 0 Å². The number of hydrogen-bond donors (Lipinski definition) is 0. The van der Waals surface area contributed by atoms with Crippen LogP contribution in [0.4, 0.5) is 17.1 Å². The van der Waals surface area contributed by atoms with Gasteiger partial charge in [0, 0.05) is 22.5 Å². The zero-order valence-corrected chi connectivity index (χ0v) is 33.5. The van der Waals surface area contributed by atoms with E-state index < -0.39 is 0 Å². The minimum absolute atomic E-state index is 0.0856. The first kappa shape index (κ1) is 35.9. The predicted molar refractivity (Wildman–Crippen MR) is 246 cm³/mol. The Morgan fingerprint density at radius 1 is 0.379 bits per heavy atom. The molecule has 0 aromatic heterocycles. The molecular weight excluding hydrogens is 699 g/mol. The van der Waals surface area contributed by atoms with E-state index in [0.29, 0.717) is 5.92 Å². The van der Waals surface area contributed by atoms with Gasteiger partial charge in [-0.15, -0.1) is 0 Å². The lowest BCUT2D eigenvalue weighted by Crippen LogP contribution is -2.16. The van der Waals surface area contributed by atoms with Crippen LogP contribution in [0, 0.1) is 0 Å². The van der Waals surface area contributed by atoms with E-state index in [9.17, 15) is 0 Å². The molecule has 0 radical (unpaired) electrons. The summed E-state index contributed by atoms with van der Waals surface area (Å²) in [5.41, 5.74) is 20.1. The van der Waals surface area contributed by atoms with Gasteiger partial charge >= 0.3 is 0 Å². The van der Waals surface area contributed by atoms with Crippen LogP contribution in [-0.4, -0.2) is 0 Å². The first-order valence-electron chi connectivity index (χ1n) is 21.1. The van der Waals surface area contributed by atoms with E-state index in [-0.39, 0.29) is 5.41 Å². The fourth-order valence-corrected chi connectivity index (χ4v) is 9.85. The second-order valence-electron chi connectivity index (χ2n) is 16.8. The van der Waals surface area contributed by atoms with E-state index in [0.717, 1.165) is 5.69 Å². The minimum atomic E-state index is -0.0856. The molecule has 2 aliphatic rings. The van der Waals surface area contributed by atoms with Crippen molar-refractivity contribution in [1.82, 2.24) is 0 Å². The summed E-state index contributed by atoms with van der Waals surface area (Å²) in [5, 5.41) is 0. The van der Waals surface area contributed by atoms with E-state index in [1.54, 1.807) is 0 Å². The molecule has 0 amide bonds. The number of anilines is 3. The van der Waals surface area contributed by atoms with Gasteiger partial charge in [0.2, 0.25) is 0 Å². The molecule has 282 valence electrons. The Morgan fingerprint density at radius 3 is 1.64 bits per heavy atom. The molecule has 1 fully saturated rings. The van der Waals surface area contributed by atoms with Crippen LogP contribution < -0.4 is 4.90 Å². The Labute approximate surface area is 344 Å². The van der Waals surface area contributed by atoms with E-state index in [4.69, 9.17) is 0 Å². The molecule has 0 unspecified atom stereocenters. The average molecular weight is 748 g/mol. The molecular formula is C57H49N. The highest BCUT2D eigenvalue weighted by Crippen LogP contribution is 2.51. The molecule has 0 spiro atoms. The quantitative estimate of drug-likeness (QED) is 0.150. The second-order valence-corrected chi connectivity index (χ2v) is 16.8. The number of fused-ring (bicyclic) bond motifs is 3.